The average molecular weight is 533 g/mol. The number of amides is 1. The molecule has 0 radical (unpaired) electrons. The highest BCUT2D eigenvalue weighted by atomic mass is 16.6. The fourth-order valence-corrected chi connectivity index (χ4v) is 5.72. The van der Waals surface area contributed by atoms with E-state index in [0.29, 0.717) is 31.0 Å². The summed E-state index contributed by atoms with van der Waals surface area (Å²) in [6, 6.07) is -0.328. The van der Waals surface area contributed by atoms with Crippen molar-refractivity contribution in [3.05, 3.63) is 23.4 Å². The zero-order valence-corrected chi connectivity index (χ0v) is 23.5. The summed E-state index contributed by atoms with van der Waals surface area (Å²) in [5.41, 5.74) is 0.0574. The van der Waals surface area contributed by atoms with Crippen LogP contribution in [0, 0.1) is 24.2 Å². The van der Waals surface area contributed by atoms with Gasteiger partial charge in [-0.3, -0.25) is 9.59 Å². The van der Waals surface area contributed by atoms with Gasteiger partial charge in [-0.2, -0.15) is 0 Å². The van der Waals surface area contributed by atoms with Crippen molar-refractivity contribution >= 4 is 17.8 Å². The fourth-order valence-electron chi connectivity index (χ4n) is 5.72. The van der Waals surface area contributed by atoms with Crippen molar-refractivity contribution in [2.45, 2.75) is 116 Å². The number of nitrogens with one attached hydrogen (secondary N) is 1. The maximum Gasteiger partial charge on any atom is 0.223 e. The van der Waals surface area contributed by atoms with Crippen LogP contribution >= 0.6 is 0 Å². The Morgan fingerprint density at radius 2 is 1.97 bits per heavy atom. The van der Waals surface area contributed by atoms with Gasteiger partial charge in [0.2, 0.25) is 5.91 Å². The zero-order chi connectivity index (χ0) is 27.8. The number of hydrogen-bond acceptors (Lipinski definition) is 8. The third-order valence-electron chi connectivity index (χ3n) is 8.81. The van der Waals surface area contributed by atoms with Crippen LogP contribution < -0.4 is 5.32 Å². The highest BCUT2D eigenvalue weighted by Gasteiger charge is 2.52. The molecule has 4 rings (SSSR count). The lowest BCUT2D eigenvalue weighted by molar-refractivity contribution is -0.144. The molecule has 0 saturated carbocycles. The van der Waals surface area contributed by atoms with Gasteiger partial charge in [-0.1, -0.05) is 27.2 Å². The van der Waals surface area contributed by atoms with Crippen molar-refractivity contribution in [2.24, 2.45) is 17.3 Å². The Balaban J connectivity index is 1.58. The van der Waals surface area contributed by atoms with E-state index in [0.717, 1.165) is 24.8 Å². The molecule has 1 aromatic rings. The molecule has 38 heavy (non-hydrogen) atoms. The van der Waals surface area contributed by atoms with E-state index in [4.69, 9.17) is 13.9 Å². The number of rotatable bonds is 4. The van der Waals surface area contributed by atoms with Crippen LogP contribution in [0.5, 0.6) is 0 Å². The molecule has 3 fully saturated rings. The molecule has 9 nitrogen and oxygen atoms in total. The number of ketones is 1. The summed E-state index contributed by atoms with van der Waals surface area (Å²) in [5.74, 6) is -0.784. The van der Waals surface area contributed by atoms with Gasteiger partial charge in [0.05, 0.1) is 54.5 Å². The maximum absolute atomic E-state index is 13.7. The number of fused-ring (bicyclic) bond motifs is 1. The molecule has 3 saturated heterocycles. The quantitative estimate of drug-likeness (QED) is 0.502. The largest absolute Gasteiger partial charge is 0.449 e. The van der Waals surface area contributed by atoms with Crippen molar-refractivity contribution in [1.29, 1.82) is 0 Å². The Kier molecular flexibility index (Phi) is 8.52. The van der Waals surface area contributed by atoms with E-state index >= 15 is 0 Å². The number of hydrogen-bond donors (Lipinski definition) is 3. The van der Waals surface area contributed by atoms with Crippen molar-refractivity contribution in [2.75, 3.05) is 6.61 Å². The molecule has 4 heterocycles. The van der Waals surface area contributed by atoms with E-state index in [2.05, 4.69) is 17.2 Å². The van der Waals surface area contributed by atoms with E-state index in [-0.39, 0.29) is 47.9 Å². The lowest BCUT2D eigenvalue weighted by Crippen LogP contribution is -2.48. The summed E-state index contributed by atoms with van der Waals surface area (Å²) in [7, 11) is 0. The van der Waals surface area contributed by atoms with Crippen LogP contribution in [0.4, 0.5) is 0 Å². The lowest BCUT2D eigenvalue weighted by Gasteiger charge is -2.36. The molecule has 0 aliphatic carbocycles. The predicted octanol–water partition coefficient (Wildman–Crippen LogP) is 3.35. The van der Waals surface area contributed by atoms with E-state index < -0.39 is 23.5 Å². The van der Waals surface area contributed by atoms with Gasteiger partial charge >= 0.3 is 0 Å². The van der Waals surface area contributed by atoms with E-state index in [9.17, 15) is 19.8 Å². The SMILES string of the molecule is CC(=Cc1coc(C)n1)C1CC2OC2(C)CCCC(C)C(O)C(CC2CO2)C(=O)C(C)(C)C(O)CC(=O)N1. The van der Waals surface area contributed by atoms with Gasteiger partial charge < -0.3 is 29.4 Å². The number of carbonyl (C=O) groups excluding carboxylic acids is 2. The number of carbonyl (C=O) groups is 2. The predicted molar refractivity (Wildman–Crippen MR) is 141 cm³/mol. The zero-order valence-electron chi connectivity index (χ0n) is 23.5. The number of oxazole rings is 1. The van der Waals surface area contributed by atoms with E-state index in [1.165, 1.54) is 0 Å². The fraction of sp³-hybridized carbons (Fsp3) is 0.759. The molecular formula is C29H44N2O7. The first-order valence-electron chi connectivity index (χ1n) is 13.9. The van der Waals surface area contributed by atoms with Crippen molar-refractivity contribution in [3.8, 4) is 0 Å². The Hall–Kier alpha value is -2.07. The molecule has 1 aromatic heterocycles. The minimum Gasteiger partial charge on any atom is -0.449 e. The highest BCUT2D eigenvalue weighted by Crippen LogP contribution is 2.45. The topological polar surface area (TPSA) is 138 Å². The maximum atomic E-state index is 13.7. The molecule has 0 aromatic carbocycles. The molecule has 8 unspecified atom stereocenters. The smallest absolute Gasteiger partial charge is 0.223 e. The number of nitrogens with zero attached hydrogens (tertiary/aromatic N) is 1. The molecule has 9 heteroatoms. The van der Waals surface area contributed by atoms with Crippen LogP contribution in [0.2, 0.25) is 0 Å². The molecule has 8 atom stereocenters. The van der Waals surface area contributed by atoms with Crippen molar-refractivity contribution in [3.63, 3.8) is 0 Å². The van der Waals surface area contributed by atoms with Gasteiger partial charge in [0.1, 0.15) is 17.7 Å². The molecule has 212 valence electrons. The molecular weight excluding hydrogens is 488 g/mol. The highest BCUT2D eigenvalue weighted by molar-refractivity contribution is 5.88. The summed E-state index contributed by atoms with van der Waals surface area (Å²) >= 11 is 0. The van der Waals surface area contributed by atoms with Crippen molar-refractivity contribution < 1.29 is 33.7 Å². The summed E-state index contributed by atoms with van der Waals surface area (Å²) in [5, 5.41) is 25.4. The Bertz CT molecular complexity index is 1050. The Labute approximate surface area is 225 Å². The standard InChI is InChI=1S/C29H44N2O7/c1-16-8-7-9-29(6)24(38-29)12-22(17(2)10-19-14-36-18(3)30-19)31-25(33)13-23(32)28(4,5)27(35)21(26(16)34)11-20-15-37-20/h10,14,16,20-24,26,32,34H,7-9,11-13,15H2,1-6H3,(H,31,33). The third kappa shape index (κ3) is 6.73. The number of aryl methyl sites for hydroxylation is 1. The Morgan fingerprint density at radius 1 is 1.26 bits per heavy atom. The summed E-state index contributed by atoms with van der Waals surface area (Å²) in [6.07, 6.45) is 4.55. The minimum atomic E-state index is -1.22. The van der Waals surface area contributed by atoms with E-state index in [1.807, 2.05) is 19.9 Å². The van der Waals surface area contributed by atoms with Crippen LogP contribution in [0.1, 0.15) is 84.7 Å². The first kappa shape index (κ1) is 28.9. The van der Waals surface area contributed by atoms with Crippen LogP contribution in [0.15, 0.2) is 16.3 Å². The third-order valence-corrected chi connectivity index (χ3v) is 8.81. The molecule has 3 aliphatic rings. The number of epoxide rings is 2. The van der Waals surface area contributed by atoms with Crippen LogP contribution in [0.25, 0.3) is 6.08 Å². The lowest BCUT2D eigenvalue weighted by atomic mass is 9.71. The van der Waals surface area contributed by atoms with Gasteiger partial charge in [0.25, 0.3) is 0 Å². The van der Waals surface area contributed by atoms with Gasteiger partial charge in [-0.15, -0.1) is 0 Å². The number of aliphatic hydroxyl groups excluding tert-OH is 2. The average Bonchev–Trinajstić information content (AvgIpc) is 3.74. The molecule has 0 bridgehead atoms. The summed E-state index contributed by atoms with van der Waals surface area (Å²) < 4.78 is 16.8. The molecule has 1 amide bonds. The normalized spacial score (nSPS) is 38.8. The Morgan fingerprint density at radius 3 is 2.61 bits per heavy atom. The van der Waals surface area contributed by atoms with Gasteiger partial charge in [-0.05, 0) is 50.7 Å². The number of aliphatic hydroxyl groups is 2. The number of Topliss-reactive ketones (excluding diaryl/α,β-unsaturated/α-hetero) is 1. The second kappa shape index (κ2) is 11.2. The van der Waals surface area contributed by atoms with Gasteiger partial charge in [-0.25, -0.2) is 4.98 Å². The van der Waals surface area contributed by atoms with Crippen LogP contribution in [-0.2, 0) is 19.1 Å². The first-order chi connectivity index (χ1) is 17.8. The van der Waals surface area contributed by atoms with Gasteiger partial charge in [0.15, 0.2) is 5.89 Å². The second-order valence-corrected chi connectivity index (χ2v) is 12.4. The second-order valence-electron chi connectivity index (χ2n) is 12.4. The van der Waals surface area contributed by atoms with E-state index in [1.54, 1.807) is 27.0 Å². The number of aromatic nitrogens is 1. The minimum absolute atomic E-state index is 0.0222. The molecule has 0 spiro atoms. The first-order valence-corrected chi connectivity index (χ1v) is 13.9. The monoisotopic (exact) mass is 532 g/mol. The molecule has 3 N–H and O–H groups in total. The van der Waals surface area contributed by atoms with Gasteiger partial charge in [0, 0.05) is 19.3 Å². The molecule has 3 aliphatic heterocycles. The van der Waals surface area contributed by atoms with Crippen molar-refractivity contribution in [1.82, 2.24) is 10.3 Å². The van der Waals surface area contributed by atoms with Crippen LogP contribution in [0.3, 0.4) is 0 Å². The summed E-state index contributed by atoms with van der Waals surface area (Å²) in [6.45, 7) is 11.7. The number of ether oxygens (including phenoxy) is 2. The van der Waals surface area contributed by atoms with Crippen LogP contribution in [-0.4, -0.2) is 69.6 Å². The summed E-state index contributed by atoms with van der Waals surface area (Å²) in [4.78, 5) is 31.3.